The molecule has 0 unspecified atom stereocenters. The number of para-hydroxylation sites is 1. The van der Waals surface area contributed by atoms with E-state index in [1.807, 2.05) is 24.3 Å². The normalized spacial score (nSPS) is 22.0. The third-order valence-corrected chi connectivity index (χ3v) is 6.34. The van der Waals surface area contributed by atoms with Crippen LogP contribution < -0.4 is 5.32 Å². The molecule has 0 bridgehead atoms. The van der Waals surface area contributed by atoms with Gasteiger partial charge >= 0.3 is 6.03 Å². The summed E-state index contributed by atoms with van der Waals surface area (Å²) in [5.41, 5.74) is 1.70. The number of nitrogens with one attached hydrogen (secondary N) is 2. The van der Waals surface area contributed by atoms with E-state index in [1.165, 1.54) is 0 Å². The number of amides is 4. The summed E-state index contributed by atoms with van der Waals surface area (Å²) in [7, 11) is 0. The molecule has 154 valence electrons. The van der Waals surface area contributed by atoms with Gasteiger partial charge in [0.2, 0.25) is 5.91 Å². The van der Waals surface area contributed by atoms with Crippen LogP contribution in [-0.2, 0) is 21.5 Å². The van der Waals surface area contributed by atoms with Crippen LogP contribution in [0.4, 0.5) is 4.79 Å². The number of urea groups is 1. The second kappa shape index (κ2) is 7.21. The number of carbonyl (C=O) groups excluding carboxylic acids is 3. The number of unbranched alkanes of at least 4 members (excludes halogenated alkanes) is 2. The van der Waals surface area contributed by atoms with Crippen LogP contribution in [0.5, 0.6) is 0 Å². The molecular weight excluding hydrogens is 368 g/mol. The number of nitrogens with zero attached hydrogens (tertiary/aromatic N) is 2. The third-order valence-electron chi connectivity index (χ3n) is 6.34. The lowest BCUT2D eigenvalue weighted by Gasteiger charge is -2.36. The molecule has 2 N–H and O–H groups in total. The molecule has 1 aromatic heterocycles. The standard InChI is InChI=1S/C22H28N4O3/c1-4-5-8-12-23-19(27)14(2)26-20(28)22(3)18-16(11-13-25(22)21(26)29)15-9-6-7-10-17(15)24-18/h6-7,9-10,14,24H,4-5,8,11-13H2,1-3H3,(H,23,27)/t14-,22+/m0/s1. The van der Waals surface area contributed by atoms with Crippen molar-refractivity contribution in [2.45, 2.75) is 58.0 Å². The summed E-state index contributed by atoms with van der Waals surface area (Å²) in [6.07, 6.45) is 3.67. The Hall–Kier alpha value is -2.83. The van der Waals surface area contributed by atoms with Gasteiger partial charge in [0.25, 0.3) is 5.91 Å². The van der Waals surface area contributed by atoms with Crippen molar-refractivity contribution in [1.29, 1.82) is 0 Å². The molecule has 0 radical (unpaired) electrons. The van der Waals surface area contributed by atoms with Crippen molar-refractivity contribution < 1.29 is 14.4 Å². The van der Waals surface area contributed by atoms with E-state index in [4.69, 9.17) is 0 Å². The van der Waals surface area contributed by atoms with Crippen LogP contribution in [-0.4, -0.2) is 51.8 Å². The number of fused-ring (bicyclic) bond motifs is 5. The highest BCUT2D eigenvalue weighted by Crippen LogP contribution is 2.44. The van der Waals surface area contributed by atoms with E-state index in [0.29, 0.717) is 19.5 Å². The summed E-state index contributed by atoms with van der Waals surface area (Å²) in [6.45, 7) is 6.52. The molecule has 1 fully saturated rings. The molecule has 0 aliphatic carbocycles. The Labute approximate surface area is 170 Å². The van der Waals surface area contributed by atoms with Crippen molar-refractivity contribution in [3.05, 3.63) is 35.5 Å². The first-order chi connectivity index (χ1) is 13.9. The Morgan fingerprint density at radius 2 is 2.03 bits per heavy atom. The molecule has 2 aliphatic heterocycles. The predicted octanol–water partition coefficient (Wildman–Crippen LogP) is 2.90. The predicted molar refractivity (Wildman–Crippen MR) is 110 cm³/mol. The topological polar surface area (TPSA) is 85.5 Å². The molecule has 4 rings (SSSR count). The van der Waals surface area contributed by atoms with Crippen molar-refractivity contribution in [3.8, 4) is 0 Å². The van der Waals surface area contributed by atoms with Gasteiger partial charge in [0.05, 0.1) is 5.69 Å². The van der Waals surface area contributed by atoms with Gasteiger partial charge in [0.15, 0.2) is 5.54 Å². The van der Waals surface area contributed by atoms with Crippen LogP contribution in [0.1, 0.15) is 51.3 Å². The Morgan fingerprint density at radius 3 is 2.79 bits per heavy atom. The maximum Gasteiger partial charge on any atom is 0.328 e. The molecule has 3 heterocycles. The maximum atomic E-state index is 13.5. The summed E-state index contributed by atoms with van der Waals surface area (Å²) < 4.78 is 0. The summed E-state index contributed by atoms with van der Waals surface area (Å²) in [6, 6.07) is 6.71. The fourth-order valence-electron chi connectivity index (χ4n) is 4.61. The van der Waals surface area contributed by atoms with Gasteiger partial charge in [-0.05, 0) is 38.3 Å². The van der Waals surface area contributed by atoms with E-state index in [2.05, 4.69) is 17.2 Å². The fourth-order valence-corrected chi connectivity index (χ4v) is 4.61. The molecule has 4 amide bonds. The van der Waals surface area contributed by atoms with E-state index >= 15 is 0 Å². The molecule has 7 nitrogen and oxygen atoms in total. The first-order valence-electron chi connectivity index (χ1n) is 10.4. The number of hydrogen-bond donors (Lipinski definition) is 2. The highest BCUT2D eigenvalue weighted by molar-refractivity contribution is 6.10. The lowest BCUT2D eigenvalue weighted by molar-refractivity contribution is -0.139. The van der Waals surface area contributed by atoms with Crippen molar-refractivity contribution in [2.75, 3.05) is 13.1 Å². The Morgan fingerprint density at radius 1 is 1.28 bits per heavy atom. The molecule has 2 aliphatic rings. The lowest BCUT2D eigenvalue weighted by atomic mass is 9.87. The fraction of sp³-hybridized carbons (Fsp3) is 0.500. The largest absolute Gasteiger partial charge is 0.356 e. The van der Waals surface area contributed by atoms with Gasteiger partial charge < -0.3 is 15.2 Å². The average Bonchev–Trinajstić information content (AvgIpc) is 3.19. The van der Waals surface area contributed by atoms with Crippen LogP contribution in [0.2, 0.25) is 0 Å². The lowest BCUT2D eigenvalue weighted by Crippen LogP contribution is -2.50. The summed E-state index contributed by atoms with van der Waals surface area (Å²) in [5, 5.41) is 3.95. The zero-order chi connectivity index (χ0) is 20.8. The van der Waals surface area contributed by atoms with Gasteiger partial charge in [-0.25, -0.2) is 9.69 Å². The molecule has 2 aromatic rings. The summed E-state index contributed by atoms with van der Waals surface area (Å²) in [4.78, 5) is 45.3. The minimum absolute atomic E-state index is 0.289. The molecule has 29 heavy (non-hydrogen) atoms. The second-order valence-corrected chi connectivity index (χ2v) is 8.13. The van der Waals surface area contributed by atoms with Crippen LogP contribution in [0.3, 0.4) is 0 Å². The molecule has 1 aromatic carbocycles. The Kier molecular flexibility index (Phi) is 4.84. The van der Waals surface area contributed by atoms with Gasteiger partial charge in [0, 0.05) is 24.0 Å². The van der Waals surface area contributed by atoms with Gasteiger partial charge in [-0.15, -0.1) is 0 Å². The van der Waals surface area contributed by atoms with Crippen LogP contribution in [0.15, 0.2) is 24.3 Å². The smallest absolute Gasteiger partial charge is 0.328 e. The van der Waals surface area contributed by atoms with E-state index in [9.17, 15) is 14.4 Å². The van der Waals surface area contributed by atoms with Gasteiger partial charge in [0.1, 0.15) is 6.04 Å². The quantitative estimate of drug-likeness (QED) is 0.582. The number of H-pyrrole nitrogens is 1. The van der Waals surface area contributed by atoms with Crippen LogP contribution >= 0.6 is 0 Å². The SMILES string of the molecule is CCCCCNC(=O)[C@H](C)N1C(=O)N2CCc3c([nH]c4ccccc34)[C@]2(C)C1=O. The van der Waals surface area contributed by atoms with Crippen LogP contribution in [0, 0.1) is 0 Å². The second-order valence-electron chi connectivity index (χ2n) is 8.13. The van der Waals surface area contributed by atoms with E-state index in [1.54, 1.807) is 18.7 Å². The molecule has 0 saturated carbocycles. The zero-order valence-electron chi connectivity index (χ0n) is 17.2. The van der Waals surface area contributed by atoms with Crippen molar-refractivity contribution in [2.24, 2.45) is 0 Å². The van der Waals surface area contributed by atoms with E-state index in [0.717, 1.165) is 46.3 Å². The molecule has 0 spiro atoms. The number of aromatic amines is 1. The first-order valence-corrected chi connectivity index (χ1v) is 10.4. The van der Waals surface area contributed by atoms with Gasteiger partial charge in [-0.3, -0.25) is 9.59 Å². The number of carbonyl (C=O) groups is 3. The Bertz CT molecular complexity index is 982. The minimum atomic E-state index is -1.11. The third kappa shape index (κ3) is 2.82. The van der Waals surface area contributed by atoms with E-state index in [-0.39, 0.29) is 11.8 Å². The van der Waals surface area contributed by atoms with E-state index < -0.39 is 17.6 Å². The van der Waals surface area contributed by atoms with Crippen molar-refractivity contribution in [3.63, 3.8) is 0 Å². The molecule has 2 atom stereocenters. The number of rotatable bonds is 6. The monoisotopic (exact) mass is 396 g/mol. The van der Waals surface area contributed by atoms with Gasteiger partial charge in [-0.2, -0.15) is 0 Å². The first kappa shape index (κ1) is 19.5. The van der Waals surface area contributed by atoms with Crippen molar-refractivity contribution >= 4 is 28.7 Å². The Balaban J connectivity index is 1.64. The average molecular weight is 396 g/mol. The zero-order valence-corrected chi connectivity index (χ0v) is 17.2. The molecule has 1 saturated heterocycles. The molecule has 7 heteroatoms. The number of imide groups is 1. The number of aromatic nitrogens is 1. The number of hydrogen-bond acceptors (Lipinski definition) is 3. The van der Waals surface area contributed by atoms with Crippen LogP contribution in [0.25, 0.3) is 10.9 Å². The number of benzene rings is 1. The van der Waals surface area contributed by atoms with Gasteiger partial charge in [-0.1, -0.05) is 38.0 Å². The summed E-state index contributed by atoms with van der Waals surface area (Å²) in [5.74, 6) is -0.630. The maximum absolute atomic E-state index is 13.5. The highest BCUT2D eigenvalue weighted by atomic mass is 16.2. The molecular formula is C22H28N4O3. The van der Waals surface area contributed by atoms with Crippen molar-refractivity contribution in [1.82, 2.24) is 20.1 Å². The summed E-state index contributed by atoms with van der Waals surface area (Å²) >= 11 is 0. The minimum Gasteiger partial charge on any atom is -0.356 e. The highest BCUT2D eigenvalue weighted by Gasteiger charge is 2.60.